The second kappa shape index (κ2) is 6.55. The molecule has 1 aromatic carbocycles. The number of fused-ring (bicyclic) bond motifs is 1. The van der Waals surface area contributed by atoms with Crippen LogP contribution in [0.5, 0.6) is 0 Å². The third kappa shape index (κ3) is 3.88. The van der Waals surface area contributed by atoms with Crippen LogP contribution in [0.4, 0.5) is 0 Å². The van der Waals surface area contributed by atoms with Crippen molar-refractivity contribution in [2.24, 2.45) is 0 Å². The first-order valence-electron chi connectivity index (χ1n) is 7.85. The lowest BCUT2D eigenvalue weighted by Gasteiger charge is -2.30. The molecule has 5 nitrogen and oxygen atoms in total. The van der Waals surface area contributed by atoms with E-state index in [-0.39, 0.29) is 6.10 Å². The number of sulfonamides is 1. The predicted molar refractivity (Wildman–Crippen MR) is 90.7 cm³/mol. The van der Waals surface area contributed by atoms with E-state index in [2.05, 4.69) is 17.1 Å². The molecule has 124 valence electrons. The van der Waals surface area contributed by atoms with Gasteiger partial charge in [-0.2, -0.15) is 0 Å². The Labute approximate surface area is 137 Å². The number of hydrogen-bond donors (Lipinski definition) is 0. The molecule has 0 atom stereocenters. The van der Waals surface area contributed by atoms with Crippen LogP contribution >= 0.6 is 0 Å². The summed E-state index contributed by atoms with van der Waals surface area (Å²) in [4.78, 5) is 4.62. The summed E-state index contributed by atoms with van der Waals surface area (Å²) in [5.74, 6) is 0. The molecule has 1 saturated heterocycles. The summed E-state index contributed by atoms with van der Waals surface area (Å²) in [6.07, 6.45) is 2.86. The monoisotopic (exact) mass is 334 g/mol. The van der Waals surface area contributed by atoms with Gasteiger partial charge in [0.05, 0.1) is 24.5 Å². The van der Waals surface area contributed by atoms with Gasteiger partial charge < -0.3 is 4.74 Å². The Morgan fingerprint density at radius 2 is 1.96 bits per heavy atom. The van der Waals surface area contributed by atoms with E-state index in [0.29, 0.717) is 19.7 Å². The molecule has 0 amide bonds. The fraction of sp³-hybridized carbons (Fsp3) is 0.471. The van der Waals surface area contributed by atoms with Gasteiger partial charge in [-0.15, -0.1) is 0 Å². The molecule has 2 aromatic rings. The van der Waals surface area contributed by atoms with Crippen LogP contribution in [-0.4, -0.2) is 43.2 Å². The first-order chi connectivity index (χ1) is 10.9. The lowest BCUT2D eigenvalue weighted by molar-refractivity contribution is 0.0100. The van der Waals surface area contributed by atoms with Gasteiger partial charge >= 0.3 is 0 Å². The van der Waals surface area contributed by atoms with Crippen LogP contribution in [0.25, 0.3) is 10.9 Å². The minimum absolute atomic E-state index is 0.110. The number of ether oxygens (including phenoxy) is 1. The Kier molecular flexibility index (Phi) is 4.66. The highest BCUT2D eigenvalue weighted by Crippen LogP contribution is 2.20. The minimum atomic E-state index is -3.08. The van der Waals surface area contributed by atoms with Crippen molar-refractivity contribution in [1.29, 1.82) is 0 Å². The Morgan fingerprint density at radius 3 is 2.65 bits per heavy atom. The average Bonchev–Trinajstić information content (AvgIpc) is 2.52. The van der Waals surface area contributed by atoms with E-state index in [9.17, 15) is 8.42 Å². The zero-order valence-electron chi connectivity index (χ0n) is 13.5. The Bertz CT molecular complexity index is 797. The molecule has 1 aromatic heterocycles. The van der Waals surface area contributed by atoms with Crippen LogP contribution < -0.4 is 0 Å². The molecule has 0 saturated carbocycles. The van der Waals surface area contributed by atoms with Crippen LogP contribution in [0.2, 0.25) is 0 Å². The number of rotatable bonds is 4. The highest BCUT2D eigenvalue weighted by Gasteiger charge is 2.25. The Hall–Kier alpha value is -1.50. The van der Waals surface area contributed by atoms with E-state index < -0.39 is 10.0 Å². The van der Waals surface area contributed by atoms with E-state index in [0.717, 1.165) is 35.0 Å². The maximum atomic E-state index is 11.5. The number of nitrogens with zero attached hydrogens (tertiary/aromatic N) is 2. The quantitative estimate of drug-likeness (QED) is 0.862. The van der Waals surface area contributed by atoms with Gasteiger partial charge in [0.15, 0.2) is 0 Å². The first kappa shape index (κ1) is 16.4. The lowest BCUT2D eigenvalue weighted by atomic mass is 10.1. The zero-order chi connectivity index (χ0) is 16.4. The summed E-state index contributed by atoms with van der Waals surface area (Å²) in [7, 11) is -3.08. The van der Waals surface area contributed by atoms with Crippen molar-refractivity contribution in [2.45, 2.75) is 32.5 Å². The van der Waals surface area contributed by atoms with Crippen molar-refractivity contribution >= 4 is 20.9 Å². The van der Waals surface area contributed by atoms with E-state index in [1.807, 2.05) is 25.1 Å². The standard InChI is InChI=1S/C17H22N2O3S/c1-13-15(11-14-5-3-4-6-17(14)18-13)12-22-16-7-9-19(10-8-16)23(2,20)21/h3-6,11,16H,7-10,12H2,1-2H3. The van der Waals surface area contributed by atoms with E-state index >= 15 is 0 Å². The van der Waals surface area contributed by atoms with Crippen LogP contribution in [0.3, 0.4) is 0 Å². The fourth-order valence-corrected chi connectivity index (χ4v) is 3.81. The molecule has 1 aliphatic heterocycles. The summed E-state index contributed by atoms with van der Waals surface area (Å²) >= 11 is 0. The molecule has 0 N–H and O–H groups in total. The zero-order valence-corrected chi connectivity index (χ0v) is 14.3. The van der Waals surface area contributed by atoms with Gasteiger partial charge in [0.25, 0.3) is 0 Å². The Balaban J connectivity index is 1.62. The summed E-state index contributed by atoms with van der Waals surface area (Å²) in [6.45, 7) is 3.60. The van der Waals surface area contributed by atoms with Crippen molar-refractivity contribution < 1.29 is 13.2 Å². The number of para-hydroxylation sites is 1. The van der Waals surface area contributed by atoms with Gasteiger partial charge in [-0.25, -0.2) is 12.7 Å². The minimum Gasteiger partial charge on any atom is -0.373 e. The summed E-state index contributed by atoms with van der Waals surface area (Å²) < 4.78 is 30.6. The molecule has 23 heavy (non-hydrogen) atoms. The van der Waals surface area contributed by atoms with Gasteiger partial charge in [-0.3, -0.25) is 4.98 Å². The second-order valence-corrected chi connectivity index (χ2v) is 8.08. The van der Waals surface area contributed by atoms with Crippen molar-refractivity contribution in [3.05, 3.63) is 41.6 Å². The average molecular weight is 334 g/mol. The first-order valence-corrected chi connectivity index (χ1v) is 9.70. The molecule has 2 heterocycles. The second-order valence-electron chi connectivity index (χ2n) is 6.10. The molecule has 0 unspecified atom stereocenters. The van der Waals surface area contributed by atoms with Crippen molar-refractivity contribution in [3.8, 4) is 0 Å². The molecule has 3 rings (SSSR count). The van der Waals surface area contributed by atoms with Crippen LogP contribution in [-0.2, 0) is 21.4 Å². The lowest BCUT2D eigenvalue weighted by Crippen LogP contribution is -2.40. The summed E-state index contributed by atoms with van der Waals surface area (Å²) in [5, 5.41) is 1.11. The van der Waals surface area contributed by atoms with Gasteiger partial charge in [-0.05, 0) is 37.5 Å². The molecule has 0 bridgehead atoms. The van der Waals surface area contributed by atoms with Gasteiger partial charge in [0.1, 0.15) is 0 Å². The third-order valence-corrected chi connectivity index (χ3v) is 5.67. The van der Waals surface area contributed by atoms with E-state index in [1.54, 1.807) is 0 Å². The molecule has 1 aliphatic rings. The summed E-state index contributed by atoms with van der Waals surface area (Å²) in [6, 6.07) is 10.2. The molecule has 0 spiro atoms. The molecule has 0 aliphatic carbocycles. The number of aromatic nitrogens is 1. The number of benzene rings is 1. The van der Waals surface area contributed by atoms with Crippen LogP contribution in [0.15, 0.2) is 30.3 Å². The van der Waals surface area contributed by atoms with Crippen LogP contribution in [0, 0.1) is 6.92 Å². The van der Waals surface area contributed by atoms with Crippen molar-refractivity contribution in [3.63, 3.8) is 0 Å². The predicted octanol–water partition coefficient (Wildman–Crippen LogP) is 2.48. The van der Waals surface area contributed by atoms with E-state index in [1.165, 1.54) is 10.6 Å². The van der Waals surface area contributed by atoms with Crippen molar-refractivity contribution in [1.82, 2.24) is 9.29 Å². The molecular weight excluding hydrogens is 312 g/mol. The topological polar surface area (TPSA) is 59.5 Å². The largest absolute Gasteiger partial charge is 0.373 e. The molecular formula is C17H22N2O3S. The maximum Gasteiger partial charge on any atom is 0.211 e. The number of pyridine rings is 1. The maximum absolute atomic E-state index is 11.5. The number of hydrogen-bond acceptors (Lipinski definition) is 4. The smallest absolute Gasteiger partial charge is 0.211 e. The SMILES string of the molecule is Cc1nc2ccccc2cc1COC1CCN(S(C)(=O)=O)CC1. The van der Waals surface area contributed by atoms with Crippen LogP contribution in [0.1, 0.15) is 24.1 Å². The van der Waals surface area contributed by atoms with Gasteiger partial charge in [-0.1, -0.05) is 18.2 Å². The number of aryl methyl sites for hydroxylation is 1. The van der Waals surface area contributed by atoms with E-state index in [4.69, 9.17) is 4.74 Å². The summed E-state index contributed by atoms with van der Waals surface area (Å²) in [5.41, 5.74) is 3.07. The highest BCUT2D eigenvalue weighted by molar-refractivity contribution is 7.88. The van der Waals surface area contributed by atoms with Crippen molar-refractivity contribution in [2.75, 3.05) is 19.3 Å². The van der Waals surface area contributed by atoms with Gasteiger partial charge in [0.2, 0.25) is 10.0 Å². The Morgan fingerprint density at radius 1 is 1.26 bits per heavy atom. The third-order valence-electron chi connectivity index (χ3n) is 4.36. The fourth-order valence-electron chi connectivity index (χ4n) is 2.94. The number of piperidine rings is 1. The molecule has 6 heteroatoms. The molecule has 1 fully saturated rings. The highest BCUT2D eigenvalue weighted by atomic mass is 32.2. The molecule has 0 radical (unpaired) electrons. The normalized spacial score (nSPS) is 17.7. The van der Waals surface area contributed by atoms with Gasteiger partial charge in [0, 0.05) is 24.2 Å².